The first-order chi connectivity index (χ1) is 15.1. The topological polar surface area (TPSA) is 104 Å². The molecule has 3 heterocycles. The second kappa shape index (κ2) is 7.69. The van der Waals surface area contributed by atoms with E-state index >= 15 is 4.39 Å². The fourth-order valence-electron chi connectivity index (χ4n) is 3.96. The molecule has 4 aromatic rings. The van der Waals surface area contributed by atoms with Gasteiger partial charge in [0.15, 0.2) is 10.9 Å². The van der Waals surface area contributed by atoms with Gasteiger partial charge < -0.3 is 25.1 Å². The average molecular weight is 441 g/mol. The molecule has 10 heteroatoms. The predicted octanol–water partition coefficient (Wildman–Crippen LogP) is 4.17. The van der Waals surface area contributed by atoms with E-state index in [1.54, 1.807) is 18.2 Å². The van der Waals surface area contributed by atoms with Crippen molar-refractivity contribution in [3.05, 3.63) is 24.0 Å². The number of nitrogens with one attached hydrogen (secondary N) is 1. The molecule has 1 aliphatic heterocycles. The summed E-state index contributed by atoms with van der Waals surface area (Å²) >= 11 is 1.10. The number of aryl methyl sites for hydroxylation is 1. The summed E-state index contributed by atoms with van der Waals surface area (Å²) in [4.78, 5) is 20.2. The Kier molecular flexibility index (Phi) is 4.85. The Bertz CT molecular complexity index is 1320. The largest absolute Gasteiger partial charge is 0.491 e. The molecule has 0 radical (unpaired) electrons. The van der Waals surface area contributed by atoms with Gasteiger partial charge in [0.2, 0.25) is 6.41 Å². The van der Waals surface area contributed by atoms with Crippen LogP contribution in [0.5, 0.6) is 11.5 Å². The van der Waals surface area contributed by atoms with E-state index in [4.69, 9.17) is 20.2 Å². The van der Waals surface area contributed by atoms with Gasteiger partial charge >= 0.3 is 0 Å². The van der Waals surface area contributed by atoms with Crippen LogP contribution in [0.25, 0.3) is 32.6 Å². The fraction of sp³-hybridized carbons (Fsp3) is 0.286. The number of thiazole rings is 1. The number of benzene rings is 2. The van der Waals surface area contributed by atoms with E-state index in [0.717, 1.165) is 24.2 Å². The highest BCUT2D eigenvalue weighted by molar-refractivity contribution is 7.22. The molecule has 8 nitrogen and oxygen atoms in total. The molecule has 5 rings (SSSR count). The monoisotopic (exact) mass is 441 g/mol. The minimum Gasteiger partial charge on any atom is -0.491 e. The fourth-order valence-corrected chi connectivity index (χ4v) is 4.73. The van der Waals surface area contributed by atoms with Gasteiger partial charge in [0.25, 0.3) is 0 Å². The van der Waals surface area contributed by atoms with Crippen LogP contribution in [0.2, 0.25) is 0 Å². The van der Waals surface area contributed by atoms with E-state index in [1.807, 2.05) is 11.5 Å². The van der Waals surface area contributed by atoms with Gasteiger partial charge in [0, 0.05) is 12.6 Å². The van der Waals surface area contributed by atoms with Crippen LogP contribution in [0, 0.1) is 5.82 Å². The Morgan fingerprint density at radius 1 is 1.39 bits per heavy atom. The van der Waals surface area contributed by atoms with Gasteiger partial charge in [0.05, 0.1) is 29.0 Å². The molecule has 0 fully saturated rings. The quantitative estimate of drug-likeness (QED) is 0.451. The lowest BCUT2D eigenvalue weighted by Gasteiger charge is -2.18. The van der Waals surface area contributed by atoms with E-state index in [9.17, 15) is 4.79 Å². The third-order valence-electron chi connectivity index (χ3n) is 5.24. The summed E-state index contributed by atoms with van der Waals surface area (Å²) in [7, 11) is 0. The third kappa shape index (κ3) is 3.14. The number of rotatable bonds is 5. The van der Waals surface area contributed by atoms with Gasteiger partial charge in [-0.3, -0.25) is 4.79 Å². The van der Waals surface area contributed by atoms with Crippen LogP contribution in [-0.2, 0) is 11.3 Å². The summed E-state index contributed by atoms with van der Waals surface area (Å²) in [5.74, 6) is 1.09. The van der Waals surface area contributed by atoms with E-state index in [1.165, 1.54) is 0 Å². The first kappa shape index (κ1) is 19.6. The standard InChI is InChI=1S/C21H20FN5O3S/c1-2-29-13-9-14-18-17(16(13)24-10-28)26-20(27(18)7-3-4-8-30-14)11-5-6-12-19(15(11)22)31-21(23)25-12/h5-6,9-10H,2-4,7-8H2,1H3,(H2,23,25)(H,24,28). The number of amides is 1. The van der Waals surface area contributed by atoms with Crippen molar-refractivity contribution in [1.82, 2.24) is 14.5 Å². The number of hydrogen-bond acceptors (Lipinski definition) is 7. The molecule has 0 saturated carbocycles. The lowest BCUT2D eigenvalue weighted by atomic mass is 10.1. The molecule has 3 N–H and O–H groups in total. The number of fused-ring (bicyclic) bond motifs is 1. The van der Waals surface area contributed by atoms with Crippen LogP contribution >= 0.6 is 11.3 Å². The number of halogens is 1. The van der Waals surface area contributed by atoms with Crippen LogP contribution in [0.15, 0.2) is 18.2 Å². The van der Waals surface area contributed by atoms with Crippen molar-refractivity contribution in [2.24, 2.45) is 0 Å². The zero-order valence-corrected chi connectivity index (χ0v) is 17.6. The lowest BCUT2D eigenvalue weighted by Crippen LogP contribution is -2.10. The highest BCUT2D eigenvalue weighted by Gasteiger charge is 2.26. The summed E-state index contributed by atoms with van der Waals surface area (Å²) in [6.07, 6.45) is 2.28. The molecule has 160 valence electrons. The van der Waals surface area contributed by atoms with E-state index in [0.29, 0.717) is 81.1 Å². The average Bonchev–Trinajstić information content (AvgIpc) is 3.29. The van der Waals surface area contributed by atoms with Gasteiger partial charge in [-0.05, 0) is 31.9 Å². The summed E-state index contributed by atoms with van der Waals surface area (Å²) in [6, 6.07) is 5.16. The van der Waals surface area contributed by atoms with Crippen LogP contribution in [0.3, 0.4) is 0 Å². The van der Waals surface area contributed by atoms with Crippen LogP contribution in [-0.4, -0.2) is 34.2 Å². The number of nitrogens with zero attached hydrogens (tertiary/aromatic N) is 3. The Balaban J connectivity index is 1.84. The Labute approximate surface area is 180 Å². The molecule has 31 heavy (non-hydrogen) atoms. The van der Waals surface area contributed by atoms with E-state index in [-0.39, 0.29) is 0 Å². The van der Waals surface area contributed by atoms with Crippen LogP contribution in [0.1, 0.15) is 19.8 Å². The van der Waals surface area contributed by atoms with Crippen molar-refractivity contribution in [3.8, 4) is 22.9 Å². The van der Waals surface area contributed by atoms with Crippen molar-refractivity contribution in [1.29, 1.82) is 0 Å². The summed E-state index contributed by atoms with van der Waals surface area (Å²) in [6.45, 7) is 3.46. The summed E-state index contributed by atoms with van der Waals surface area (Å²) < 4.78 is 29.6. The van der Waals surface area contributed by atoms with Crippen LogP contribution in [0.4, 0.5) is 15.2 Å². The maximum atomic E-state index is 15.5. The minimum atomic E-state index is -0.419. The maximum absolute atomic E-state index is 15.5. The molecule has 0 aliphatic carbocycles. The van der Waals surface area contributed by atoms with Gasteiger partial charge in [0.1, 0.15) is 34.0 Å². The number of imidazole rings is 1. The van der Waals surface area contributed by atoms with Gasteiger partial charge in [-0.15, -0.1) is 0 Å². The van der Waals surface area contributed by atoms with Crippen molar-refractivity contribution in [2.75, 3.05) is 24.3 Å². The zero-order valence-electron chi connectivity index (χ0n) is 16.8. The number of anilines is 2. The number of hydrogen-bond donors (Lipinski definition) is 2. The Hall–Kier alpha value is -3.40. The number of carbonyl (C=O) groups excluding carboxylic acids is 1. The third-order valence-corrected chi connectivity index (χ3v) is 6.13. The second-order valence-electron chi connectivity index (χ2n) is 7.11. The van der Waals surface area contributed by atoms with Gasteiger partial charge in [-0.2, -0.15) is 0 Å². The van der Waals surface area contributed by atoms with Crippen molar-refractivity contribution >= 4 is 49.8 Å². The summed E-state index contributed by atoms with van der Waals surface area (Å²) in [5.41, 5.74) is 8.26. The normalized spacial score (nSPS) is 13.6. The van der Waals surface area contributed by atoms with E-state index < -0.39 is 5.82 Å². The summed E-state index contributed by atoms with van der Waals surface area (Å²) in [5, 5.41) is 3.01. The van der Waals surface area contributed by atoms with Crippen molar-refractivity contribution < 1.29 is 18.7 Å². The molecule has 2 aromatic heterocycles. The SMILES string of the molecule is CCOc1cc2c3c(nc(-c4ccc5nc(N)sc5c4F)n3CCCCO2)c1NC=O. The molecule has 0 bridgehead atoms. The number of ether oxygens (including phenoxy) is 2. The molecule has 0 spiro atoms. The van der Waals surface area contributed by atoms with Crippen LogP contribution < -0.4 is 20.5 Å². The van der Waals surface area contributed by atoms with Crippen molar-refractivity contribution in [2.45, 2.75) is 26.3 Å². The first-order valence-electron chi connectivity index (χ1n) is 10.00. The molecular formula is C21H20FN5O3S. The molecule has 1 aliphatic rings. The maximum Gasteiger partial charge on any atom is 0.211 e. The molecule has 0 unspecified atom stereocenters. The van der Waals surface area contributed by atoms with Crippen molar-refractivity contribution in [3.63, 3.8) is 0 Å². The highest BCUT2D eigenvalue weighted by Crippen LogP contribution is 2.43. The Morgan fingerprint density at radius 3 is 3.06 bits per heavy atom. The number of carbonyl (C=O) groups is 1. The van der Waals surface area contributed by atoms with E-state index in [2.05, 4.69) is 10.3 Å². The van der Waals surface area contributed by atoms with Gasteiger partial charge in [-0.1, -0.05) is 11.3 Å². The first-order valence-corrected chi connectivity index (χ1v) is 10.8. The molecule has 0 atom stereocenters. The lowest BCUT2D eigenvalue weighted by molar-refractivity contribution is -0.105. The zero-order chi connectivity index (χ0) is 21.5. The van der Waals surface area contributed by atoms with Gasteiger partial charge in [-0.25, -0.2) is 14.4 Å². The highest BCUT2D eigenvalue weighted by atomic mass is 32.1. The minimum absolute atomic E-state index is 0.309. The predicted molar refractivity (Wildman–Crippen MR) is 118 cm³/mol. The number of nitrogens with two attached hydrogens (primary N) is 1. The number of aromatic nitrogens is 3. The molecule has 2 aromatic carbocycles. The second-order valence-corrected chi connectivity index (χ2v) is 8.14. The Morgan fingerprint density at radius 2 is 2.26 bits per heavy atom. The molecule has 1 amide bonds. The number of nitrogen functional groups attached to an aromatic ring is 1. The smallest absolute Gasteiger partial charge is 0.211 e. The molecule has 0 saturated heterocycles. The molecular weight excluding hydrogens is 421 g/mol.